The SMILES string of the molecule is C#CN(C(=O)C(C)NC(=O)OC(C)(C)C)C(C(=O)NCC(=O)OC)c1ccccc1C. The first-order chi connectivity index (χ1) is 14.4. The summed E-state index contributed by atoms with van der Waals surface area (Å²) in [4.78, 5) is 50.3. The minimum atomic E-state index is -1.23. The molecule has 0 bridgehead atoms. The molecular weight excluding hydrogens is 402 g/mol. The smallest absolute Gasteiger partial charge is 0.408 e. The third-order valence-corrected chi connectivity index (χ3v) is 4.10. The predicted molar refractivity (Wildman–Crippen MR) is 113 cm³/mol. The fraction of sp³-hybridized carbons (Fsp3) is 0.455. The summed E-state index contributed by atoms with van der Waals surface area (Å²) in [6.45, 7) is 7.86. The Morgan fingerprint density at radius 2 is 1.81 bits per heavy atom. The van der Waals surface area contributed by atoms with Crippen LogP contribution in [-0.2, 0) is 23.9 Å². The number of aryl methyl sites for hydroxylation is 1. The van der Waals surface area contributed by atoms with Gasteiger partial charge in [0.05, 0.1) is 7.11 Å². The molecule has 2 unspecified atom stereocenters. The number of nitrogens with zero attached hydrogens (tertiary/aromatic N) is 1. The standard InChI is InChI=1S/C22H29N3O6/c1-8-25(20(28)15(3)24-21(29)31-22(4,5)6)18(16-12-10-9-11-14(16)2)19(27)23-13-17(26)30-7/h1,9-12,15,18H,13H2,2-7H3,(H,23,27)(H,24,29). The molecule has 9 nitrogen and oxygen atoms in total. The molecule has 0 spiro atoms. The largest absolute Gasteiger partial charge is 0.468 e. The maximum atomic E-state index is 13.0. The van der Waals surface area contributed by atoms with Crippen LogP contribution in [0.15, 0.2) is 24.3 Å². The molecule has 0 aliphatic rings. The van der Waals surface area contributed by atoms with Gasteiger partial charge in [-0.25, -0.2) is 4.79 Å². The van der Waals surface area contributed by atoms with Crippen molar-refractivity contribution < 1.29 is 28.7 Å². The topological polar surface area (TPSA) is 114 Å². The number of carbonyl (C=O) groups excluding carboxylic acids is 4. The molecule has 1 aromatic rings. The summed E-state index contributed by atoms with van der Waals surface area (Å²) in [5, 5.41) is 4.84. The van der Waals surface area contributed by atoms with Crippen molar-refractivity contribution in [3.8, 4) is 12.5 Å². The first-order valence-corrected chi connectivity index (χ1v) is 9.60. The van der Waals surface area contributed by atoms with Crippen LogP contribution in [0.3, 0.4) is 0 Å². The number of carbonyl (C=O) groups is 4. The van der Waals surface area contributed by atoms with Crippen LogP contribution in [0, 0.1) is 19.4 Å². The zero-order valence-corrected chi connectivity index (χ0v) is 18.6. The summed E-state index contributed by atoms with van der Waals surface area (Å²) >= 11 is 0. The second-order valence-electron chi connectivity index (χ2n) is 7.76. The van der Waals surface area contributed by atoms with Crippen molar-refractivity contribution in [3.63, 3.8) is 0 Å². The minimum Gasteiger partial charge on any atom is -0.468 e. The zero-order valence-electron chi connectivity index (χ0n) is 18.6. The van der Waals surface area contributed by atoms with Gasteiger partial charge in [0.2, 0.25) is 5.91 Å². The summed E-state index contributed by atoms with van der Waals surface area (Å²) in [6.07, 6.45) is 4.79. The highest BCUT2D eigenvalue weighted by Gasteiger charge is 2.35. The molecule has 168 valence electrons. The Hall–Kier alpha value is -3.54. The van der Waals surface area contributed by atoms with Crippen LogP contribution >= 0.6 is 0 Å². The number of benzene rings is 1. The molecule has 31 heavy (non-hydrogen) atoms. The molecule has 2 N–H and O–H groups in total. The van der Waals surface area contributed by atoms with E-state index >= 15 is 0 Å². The van der Waals surface area contributed by atoms with Gasteiger partial charge in [0.1, 0.15) is 24.2 Å². The van der Waals surface area contributed by atoms with E-state index in [-0.39, 0.29) is 0 Å². The van der Waals surface area contributed by atoms with Crippen LogP contribution in [0.1, 0.15) is 44.9 Å². The molecule has 0 heterocycles. The molecule has 0 saturated carbocycles. The molecule has 1 rings (SSSR count). The maximum Gasteiger partial charge on any atom is 0.408 e. The molecule has 0 aliphatic carbocycles. The molecule has 1 aromatic carbocycles. The summed E-state index contributed by atoms with van der Waals surface area (Å²) < 4.78 is 9.69. The number of hydrogen-bond acceptors (Lipinski definition) is 6. The lowest BCUT2D eigenvalue weighted by Crippen LogP contribution is -2.50. The Bertz CT molecular complexity index is 869. The van der Waals surface area contributed by atoms with Gasteiger partial charge in [-0.1, -0.05) is 30.7 Å². The number of alkyl carbamates (subject to hydrolysis) is 1. The number of terminal acetylenes is 1. The summed E-state index contributed by atoms with van der Waals surface area (Å²) in [5.74, 6) is -2.03. The Balaban J connectivity index is 3.19. The number of methoxy groups -OCH3 is 1. The van der Waals surface area contributed by atoms with Crippen LogP contribution in [0.5, 0.6) is 0 Å². The van der Waals surface area contributed by atoms with Gasteiger partial charge in [-0.05, 0) is 45.7 Å². The van der Waals surface area contributed by atoms with Gasteiger partial charge in [0, 0.05) is 6.04 Å². The fourth-order valence-electron chi connectivity index (χ4n) is 2.64. The van der Waals surface area contributed by atoms with E-state index in [0.717, 1.165) is 4.90 Å². The Kier molecular flexibility index (Phi) is 9.06. The van der Waals surface area contributed by atoms with Crippen molar-refractivity contribution in [3.05, 3.63) is 35.4 Å². The number of amides is 3. The first kappa shape index (κ1) is 25.5. The van der Waals surface area contributed by atoms with Crippen molar-refractivity contribution in [1.29, 1.82) is 0 Å². The number of ether oxygens (including phenoxy) is 2. The Labute approximate surface area is 182 Å². The van der Waals surface area contributed by atoms with E-state index in [9.17, 15) is 19.2 Å². The van der Waals surface area contributed by atoms with Gasteiger partial charge in [0.25, 0.3) is 5.91 Å². The van der Waals surface area contributed by atoms with Crippen LogP contribution in [0.4, 0.5) is 4.79 Å². The van der Waals surface area contributed by atoms with Gasteiger partial charge in [-0.2, -0.15) is 0 Å². The van der Waals surface area contributed by atoms with Crippen molar-refractivity contribution in [2.24, 2.45) is 0 Å². The number of nitrogens with one attached hydrogen (secondary N) is 2. The van der Waals surface area contributed by atoms with E-state index in [2.05, 4.69) is 21.4 Å². The highest BCUT2D eigenvalue weighted by molar-refractivity contribution is 5.94. The molecule has 2 atom stereocenters. The van der Waals surface area contributed by atoms with Crippen molar-refractivity contribution in [2.75, 3.05) is 13.7 Å². The Morgan fingerprint density at radius 1 is 1.19 bits per heavy atom. The molecule has 0 aliphatic heterocycles. The quantitative estimate of drug-likeness (QED) is 0.386. The summed E-state index contributed by atoms with van der Waals surface area (Å²) in [5.41, 5.74) is 0.429. The van der Waals surface area contributed by atoms with Crippen LogP contribution in [0.25, 0.3) is 0 Å². The molecule has 3 amide bonds. The average Bonchev–Trinajstić information content (AvgIpc) is 2.68. The lowest BCUT2D eigenvalue weighted by atomic mass is 9.98. The normalized spacial score (nSPS) is 12.5. The second-order valence-corrected chi connectivity index (χ2v) is 7.76. The Morgan fingerprint density at radius 3 is 2.32 bits per heavy atom. The highest BCUT2D eigenvalue weighted by atomic mass is 16.6. The van der Waals surface area contributed by atoms with Gasteiger partial charge < -0.3 is 20.1 Å². The van der Waals surface area contributed by atoms with Gasteiger partial charge in [0.15, 0.2) is 0 Å². The molecule has 0 aromatic heterocycles. The van der Waals surface area contributed by atoms with Gasteiger partial charge in [-0.3, -0.25) is 19.3 Å². The van der Waals surface area contributed by atoms with Gasteiger partial charge >= 0.3 is 12.1 Å². The number of esters is 1. The van der Waals surface area contributed by atoms with E-state index in [1.165, 1.54) is 14.0 Å². The summed E-state index contributed by atoms with van der Waals surface area (Å²) in [7, 11) is 1.19. The lowest BCUT2D eigenvalue weighted by Gasteiger charge is -2.29. The first-order valence-electron chi connectivity index (χ1n) is 9.60. The molecular formula is C22H29N3O6. The molecule has 9 heteroatoms. The monoisotopic (exact) mass is 431 g/mol. The summed E-state index contributed by atoms with van der Waals surface area (Å²) in [6, 6.07) is 6.81. The molecule has 0 saturated heterocycles. The molecule has 0 radical (unpaired) electrons. The van der Waals surface area contributed by atoms with Crippen LogP contribution in [-0.4, -0.2) is 54.1 Å². The predicted octanol–water partition coefficient (Wildman–Crippen LogP) is 1.66. The van der Waals surface area contributed by atoms with E-state index in [4.69, 9.17) is 11.2 Å². The highest BCUT2D eigenvalue weighted by Crippen LogP contribution is 2.24. The number of hydrogen-bond donors (Lipinski definition) is 2. The van der Waals surface area contributed by atoms with Crippen molar-refractivity contribution in [2.45, 2.75) is 52.3 Å². The average molecular weight is 431 g/mol. The van der Waals surface area contributed by atoms with Crippen molar-refractivity contribution in [1.82, 2.24) is 15.5 Å². The fourth-order valence-corrected chi connectivity index (χ4v) is 2.64. The van der Waals surface area contributed by atoms with Crippen LogP contribution < -0.4 is 10.6 Å². The zero-order chi connectivity index (χ0) is 23.8. The maximum absolute atomic E-state index is 13.0. The van der Waals surface area contributed by atoms with E-state index < -0.39 is 48.1 Å². The third-order valence-electron chi connectivity index (χ3n) is 4.10. The molecule has 0 fully saturated rings. The second kappa shape index (κ2) is 11.0. The van der Waals surface area contributed by atoms with E-state index in [0.29, 0.717) is 11.1 Å². The lowest BCUT2D eigenvalue weighted by molar-refractivity contribution is -0.142. The van der Waals surface area contributed by atoms with Crippen LogP contribution in [0.2, 0.25) is 0 Å². The third kappa shape index (κ3) is 7.66. The number of rotatable bonds is 7. The minimum absolute atomic E-state index is 0.393. The van der Waals surface area contributed by atoms with Crippen molar-refractivity contribution >= 4 is 23.9 Å². The van der Waals surface area contributed by atoms with Gasteiger partial charge in [-0.15, -0.1) is 0 Å². The van der Waals surface area contributed by atoms with E-state index in [1.54, 1.807) is 52.0 Å². The van der Waals surface area contributed by atoms with E-state index in [1.807, 2.05) is 0 Å².